The van der Waals surface area contributed by atoms with E-state index in [2.05, 4.69) is 15.6 Å². The number of carbonyl (C=O) groups excluding carboxylic acids is 3. The Kier molecular flexibility index (Phi) is 6.48. The lowest BCUT2D eigenvalue weighted by molar-refractivity contribution is -0.144. The van der Waals surface area contributed by atoms with Crippen molar-refractivity contribution in [3.63, 3.8) is 0 Å². The molecule has 1 saturated heterocycles. The molecule has 1 aliphatic heterocycles. The highest BCUT2D eigenvalue weighted by Crippen LogP contribution is 2.40. The SMILES string of the molecule is CC(C)(C)[C@@H](C(=O)N1C[C@H](O)C[C@H]1C(=O)NC1CCC(C(N)=O)CC1)n1cc(C2CC2)nn1. The number of nitrogens with two attached hydrogens (primary N) is 1. The Bertz CT molecular complexity index is 897. The maximum Gasteiger partial charge on any atom is 0.248 e. The number of aromatic nitrogens is 3. The summed E-state index contributed by atoms with van der Waals surface area (Å²) in [6, 6.07) is -1.43. The van der Waals surface area contributed by atoms with E-state index in [0.29, 0.717) is 31.6 Å². The summed E-state index contributed by atoms with van der Waals surface area (Å²) in [6.07, 6.45) is 6.14. The van der Waals surface area contributed by atoms with Gasteiger partial charge in [-0.2, -0.15) is 0 Å². The minimum Gasteiger partial charge on any atom is -0.391 e. The highest BCUT2D eigenvalue weighted by molar-refractivity contribution is 5.90. The van der Waals surface area contributed by atoms with Gasteiger partial charge in [0.15, 0.2) is 0 Å². The number of carbonyl (C=O) groups is 3. The molecule has 0 unspecified atom stereocenters. The highest BCUT2D eigenvalue weighted by atomic mass is 16.3. The van der Waals surface area contributed by atoms with Crippen molar-refractivity contribution in [3.05, 3.63) is 11.9 Å². The standard InChI is InChI=1S/C23H36N6O4/c1-23(2,3)19(29-12-17(26-27-29)13-4-5-13)22(33)28-11-16(30)10-18(28)21(32)25-15-8-6-14(7-9-15)20(24)31/h12-16,18-19,30H,4-11H2,1-3H3,(H2,24,31)(H,25,32)/t14?,15?,16-,18+,19-/m1/s1. The van der Waals surface area contributed by atoms with Crippen LogP contribution in [0.1, 0.15) is 83.4 Å². The molecule has 2 saturated carbocycles. The van der Waals surface area contributed by atoms with E-state index in [9.17, 15) is 19.5 Å². The molecule has 182 valence electrons. The molecular formula is C23H36N6O4. The second-order valence-corrected chi connectivity index (χ2v) is 11.0. The number of likely N-dealkylation sites (tertiary alicyclic amines) is 1. The summed E-state index contributed by atoms with van der Waals surface area (Å²) in [4.78, 5) is 39.8. The molecule has 0 spiro atoms. The van der Waals surface area contributed by atoms with Gasteiger partial charge in [-0.1, -0.05) is 26.0 Å². The van der Waals surface area contributed by atoms with E-state index in [4.69, 9.17) is 5.73 Å². The first-order chi connectivity index (χ1) is 15.5. The molecule has 2 aliphatic carbocycles. The predicted octanol–water partition coefficient (Wildman–Crippen LogP) is 0.865. The number of aliphatic hydroxyl groups is 1. The predicted molar refractivity (Wildman–Crippen MR) is 120 cm³/mol. The van der Waals surface area contributed by atoms with Crippen molar-refractivity contribution in [1.82, 2.24) is 25.2 Å². The first-order valence-electron chi connectivity index (χ1n) is 12.0. The Hall–Kier alpha value is -2.49. The zero-order chi connectivity index (χ0) is 23.9. The molecule has 3 atom stereocenters. The Morgan fingerprint density at radius 1 is 1.15 bits per heavy atom. The Morgan fingerprint density at radius 2 is 1.82 bits per heavy atom. The molecular weight excluding hydrogens is 424 g/mol. The smallest absolute Gasteiger partial charge is 0.248 e. The number of hydrogen-bond donors (Lipinski definition) is 3. The lowest BCUT2D eigenvalue weighted by atomic mass is 9.85. The summed E-state index contributed by atoms with van der Waals surface area (Å²) in [5.74, 6) is -0.496. The maximum absolute atomic E-state index is 13.8. The quantitative estimate of drug-likeness (QED) is 0.575. The van der Waals surface area contributed by atoms with Gasteiger partial charge in [0.05, 0.1) is 11.8 Å². The third-order valence-corrected chi connectivity index (χ3v) is 7.18. The van der Waals surface area contributed by atoms with Crippen molar-refractivity contribution >= 4 is 17.7 Å². The van der Waals surface area contributed by atoms with Crippen molar-refractivity contribution in [1.29, 1.82) is 0 Å². The molecule has 3 fully saturated rings. The van der Waals surface area contributed by atoms with Crippen molar-refractivity contribution in [3.8, 4) is 0 Å². The van der Waals surface area contributed by atoms with Crippen LogP contribution in [0, 0.1) is 11.3 Å². The first-order valence-corrected chi connectivity index (χ1v) is 12.0. The molecule has 0 bridgehead atoms. The number of primary amides is 1. The fourth-order valence-corrected chi connectivity index (χ4v) is 5.15. The van der Waals surface area contributed by atoms with Gasteiger partial charge in [0.2, 0.25) is 17.7 Å². The van der Waals surface area contributed by atoms with E-state index in [1.807, 2.05) is 27.0 Å². The topological polar surface area (TPSA) is 143 Å². The monoisotopic (exact) mass is 460 g/mol. The van der Waals surface area contributed by atoms with Gasteiger partial charge in [0.1, 0.15) is 12.1 Å². The molecule has 3 aliphatic rings. The van der Waals surface area contributed by atoms with E-state index in [-0.39, 0.29) is 42.6 Å². The molecule has 1 aromatic heterocycles. The maximum atomic E-state index is 13.8. The van der Waals surface area contributed by atoms with Crippen LogP contribution in [0.5, 0.6) is 0 Å². The van der Waals surface area contributed by atoms with E-state index in [1.54, 1.807) is 4.68 Å². The van der Waals surface area contributed by atoms with Crippen LogP contribution in [-0.2, 0) is 14.4 Å². The van der Waals surface area contributed by atoms with E-state index in [1.165, 1.54) is 4.90 Å². The first kappa shape index (κ1) is 23.7. The summed E-state index contributed by atoms with van der Waals surface area (Å²) in [6.45, 7) is 6.01. The van der Waals surface area contributed by atoms with E-state index >= 15 is 0 Å². The molecule has 2 heterocycles. The van der Waals surface area contributed by atoms with Crippen LogP contribution in [0.2, 0.25) is 0 Å². The summed E-state index contributed by atoms with van der Waals surface area (Å²) in [5.41, 5.74) is 5.84. The Labute approximate surface area is 194 Å². The minimum absolute atomic E-state index is 0.0578. The fraction of sp³-hybridized carbons (Fsp3) is 0.783. The van der Waals surface area contributed by atoms with Gasteiger partial charge in [-0.15, -0.1) is 5.10 Å². The molecule has 4 rings (SSSR count). The molecule has 4 N–H and O–H groups in total. The van der Waals surface area contributed by atoms with Gasteiger partial charge in [0.25, 0.3) is 0 Å². The highest BCUT2D eigenvalue weighted by Gasteiger charge is 2.46. The van der Waals surface area contributed by atoms with Crippen LogP contribution in [0.15, 0.2) is 6.20 Å². The minimum atomic E-state index is -0.756. The number of hydrogen-bond acceptors (Lipinski definition) is 6. The average Bonchev–Trinajstić information content (AvgIpc) is 3.35. The second kappa shape index (κ2) is 9.04. The van der Waals surface area contributed by atoms with Crippen LogP contribution in [-0.4, -0.2) is 67.5 Å². The van der Waals surface area contributed by atoms with Crippen molar-refractivity contribution < 1.29 is 19.5 Å². The number of nitrogens with one attached hydrogen (secondary N) is 1. The molecule has 10 nitrogen and oxygen atoms in total. The largest absolute Gasteiger partial charge is 0.391 e. The van der Waals surface area contributed by atoms with Gasteiger partial charge in [-0.05, 0) is 43.9 Å². The second-order valence-electron chi connectivity index (χ2n) is 11.0. The Balaban J connectivity index is 1.47. The zero-order valence-corrected chi connectivity index (χ0v) is 19.7. The lowest BCUT2D eigenvalue weighted by Gasteiger charge is -2.35. The van der Waals surface area contributed by atoms with Crippen LogP contribution in [0.4, 0.5) is 0 Å². The van der Waals surface area contributed by atoms with Crippen LogP contribution >= 0.6 is 0 Å². The summed E-state index contributed by atoms with van der Waals surface area (Å²) in [7, 11) is 0. The average molecular weight is 461 g/mol. The summed E-state index contributed by atoms with van der Waals surface area (Å²) in [5, 5.41) is 21.9. The fourth-order valence-electron chi connectivity index (χ4n) is 5.15. The molecule has 10 heteroatoms. The third kappa shape index (κ3) is 5.20. The van der Waals surface area contributed by atoms with Crippen LogP contribution < -0.4 is 11.1 Å². The van der Waals surface area contributed by atoms with Crippen LogP contribution in [0.3, 0.4) is 0 Å². The van der Waals surface area contributed by atoms with Gasteiger partial charge in [-0.25, -0.2) is 4.68 Å². The molecule has 33 heavy (non-hydrogen) atoms. The van der Waals surface area contributed by atoms with Gasteiger partial charge >= 0.3 is 0 Å². The van der Waals surface area contributed by atoms with E-state index < -0.39 is 23.6 Å². The number of nitrogens with zero attached hydrogens (tertiary/aromatic N) is 4. The summed E-state index contributed by atoms with van der Waals surface area (Å²) >= 11 is 0. The van der Waals surface area contributed by atoms with Crippen LogP contribution in [0.25, 0.3) is 0 Å². The lowest BCUT2D eigenvalue weighted by Crippen LogP contribution is -2.52. The Morgan fingerprint density at radius 3 is 2.39 bits per heavy atom. The van der Waals surface area contributed by atoms with E-state index in [0.717, 1.165) is 18.5 Å². The normalized spacial score (nSPS) is 29.0. The number of amides is 3. The van der Waals surface area contributed by atoms with Crippen molar-refractivity contribution in [2.24, 2.45) is 17.1 Å². The van der Waals surface area contributed by atoms with Crippen molar-refractivity contribution in [2.75, 3.05) is 6.54 Å². The number of aliphatic hydroxyl groups excluding tert-OH is 1. The number of rotatable bonds is 6. The summed E-state index contributed by atoms with van der Waals surface area (Å²) < 4.78 is 1.63. The van der Waals surface area contributed by atoms with Gasteiger partial charge in [-0.3, -0.25) is 14.4 Å². The molecule has 3 amide bonds. The third-order valence-electron chi connectivity index (χ3n) is 7.18. The molecule has 1 aromatic rings. The molecule has 0 aromatic carbocycles. The van der Waals surface area contributed by atoms with Gasteiger partial charge < -0.3 is 21.1 Å². The number of β-amino-alcohol motifs (C(OH)–C–C–N with tert-alkyl or cyclic N) is 1. The zero-order valence-electron chi connectivity index (χ0n) is 19.7. The van der Waals surface area contributed by atoms with Crippen molar-refractivity contribution in [2.45, 2.75) is 95.9 Å². The van der Waals surface area contributed by atoms with Gasteiger partial charge in [0, 0.05) is 37.0 Å². The molecule has 0 radical (unpaired) electrons.